The lowest BCUT2D eigenvalue weighted by Gasteiger charge is -2.10. The van der Waals surface area contributed by atoms with Crippen LogP contribution in [-0.4, -0.2) is 14.5 Å². The minimum absolute atomic E-state index is 0.665. The molecule has 9 aromatic rings. The number of rotatable bonds is 4. The second kappa shape index (κ2) is 10.0. The third-order valence-electron chi connectivity index (χ3n) is 8.50. The average molecular weight is 580 g/mol. The first-order chi connectivity index (χ1) is 21.8. The van der Waals surface area contributed by atoms with Crippen molar-refractivity contribution in [3.05, 3.63) is 152 Å². The highest BCUT2D eigenvalue weighted by Crippen LogP contribution is 2.41. The van der Waals surface area contributed by atoms with Gasteiger partial charge in [0.15, 0.2) is 0 Å². The van der Waals surface area contributed by atoms with Crippen molar-refractivity contribution in [3.8, 4) is 39.5 Å². The molecule has 4 heteroatoms. The van der Waals surface area contributed by atoms with Crippen LogP contribution < -0.4 is 0 Å². The van der Waals surface area contributed by atoms with Crippen LogP contribution in [0.5, 0.6) is 0 Å². The number of nitrogens with zero attached hydrogens (tertiary/aromatic N) is 3. The normalized spacial score (nSPS) is 11.6. The molecule has 0 unspecified atom stereocenters. The molecule has 44 heavy (non-hydrogen) atoms. The van der Waals surface area contributed by atoms with Crippen molar-refractivity contribution >= 4 is 53.3 Å². The number of thiophene rings is 1. The molecule has 0 saturated heterocycles. The van der Waals surface area contributed by atoms with Gasteiger partial charge in [-0.3, -0.25) is 4.57 Å². The van der Waals surface area contributed by atoms with Gasteiger partial charge in [-0.25, -0.2) is 9.97 Å². The van der Waals surface area contributed by atoms with Crippen molar-refractivity contribution in [1.82, 2.24) is 14.5 Å². The fraction of sp³-hybridized carbons (Fsp3) is 0. The van der Waals surface area contributed by atoms with Crippen molar-refractivity contribution in [2.24, 2.45) is 0 Å². The molecular weight excluding hydrogens is 555 g/mol. The molecule has 3 aromatic heterocycles. The van der Waals surface area contributed by atoms with Crippen molar-refractivity contribution < 1.29 is 0 Å². The van der Waals surface area contributed by atoms with Crippen molar-refractivity contribution in [3.63, 3.8) is 0 Å². The molecule has 0 radical (unpaired) electrons. The number of fused-ring (bicyclic) bond motifs is 6. The largest absolute Gasteiger partial charge is 0.278 e. The van der Waals surface area contributed by atoms with Crippen LogP contribution in [0, 0.1) is 0 Å². The number of benzene rings is 6. The van der Waals surface area contributed by atoms with Gasteiger partial charge < -0.3 is 0 Å². The zero-order valence-corrected chi connectivity index (χ0v) is 24.5. The van der Waals surface area contributed by atoms with Crippen LogP contribution in [0.3, 0.4) is 0 Å². The Balaban J connectivity index is 1.20. The maximum absolute atomic E-state index is 5.12. The first kappa shape index (κ1) is 25.0. The van der Waals surface area contributed by atoms with Crippen LogP contribution in [0.15, 0.2) is 152 Å². The maximum Gasteiger partial charge on any atom is 0.235 e. The summed E-state index contributed by atoms with van der Waals surface area (Å²) in [5, 5.41) is 5.01. The Kier molecular flexibility index (Phi) is 5.68. The molecule has 0 fully saturated rings. The van der Waals surface area contributed by atoms with E-state index in [1.165, 1.54) is 53.2 Å². The lowest BCUT2D eigenvalue weighted by Crippen LogP contribution is -2.01. The molecule has 0 aliphatic rings. The fourth-order valence-electron chi connectivity index (χ4n) is 6.44. The molecule has 0 atom stereocenters. The molecule has 9 rings (SSSR count). The van der Waals surface area contributed by atoms with Gasteiger partial charge in [0.1, 0.15) is 0 Å². The van der Waals surface area contributed by atoms with E-state index in [-0.39, 0.29) is 0 Å². The third kappa shape index (κ3) is 3.96. The van der Waals surface area contributed by atoms with Gasteiger partial charge in [-0.15, -0.1) is 11.3 Å². The molecule has 0 saturated carbocycles. The first-order valence-corrected chi connectivity index (χ1v) is 15.6. The topological polar surface area (TPSA) is 30.7 Å². The Labute approximate surface area is 258 Å². The van der Waals surface area contributed by atoms with E-state index >= 15 is 0 Å². The Morgan fingerprint density at radius 1 is 0.477 bits per heavy atom. The number of hydrogen-bond acceptors (Lipinski definition) is 3. The summed E-state index contributed by atoms with van der Waals surface area (Å²) < 4.78 is 4.84. The van der Waals surface area contributed by atoms with E-state index in [0.29, 0.717) is 5.95 Å². The molecule has 0 aliphatic heterocycles. The summed E-state index contributed by atoms with van der Waals surface area (Å²) in [6.07, 6.45) is 1.87. The molecule has 0 N–H and O–H groups in total. The molecule has 206 valence electrons. The summed E-state index contributed by atoms with van der Waals surface area (Å²) in [7, 11) is 0. The van der Waals surface area contributed by atoms with E-state index in [0.717, 1.165) is 22.3 Å². The number of para-hydroxylation sites is 1. The summed E-state index contributed by atoms with van der Waals surface area (Å²) in [6, 6.07) is 51.7. The summed E-state index contributed by atoms with van der Waals surface area (Å²) in [5.74, 6) is 0.665. The van der Waals surface area contributed by atoms with Crippen LogP contribution in [-0.2, 0) is 0 Å². The second-order valence-corrected chi connectivity index (χ2v) is 12.1. The van der Waals surface area contributed by atoms with Gasteiger partial charge in [0.2, 0.25) is 5.95 Å². The lowest BCUT2D eigenvalue weighted by molar-refractivity contribution is 0.992. The van der Waals surface area contributed by atoms with E-state index < -0.39 is 0 Å². The van der Waals surface area contributed by atoms with Crippen LogP contribution in [0.25, 0.3) is 81.4 Å². The summed E-state index contributed by atoms with van der Waals surface area (Å²) in [5.41, 5.74) is 8.98. The van der Waals surface area contributed by atoms with Gasteiger partial charge in [-0.2, -0.15) is 0 Å². The molecule has 0 spiro atoms. The van der Waals surface area contributed by atoms with E-state index in [1.807, 2.05) is 29.7 Å². The van der Waals surface area contributed by atoms with Gasteiger partial charge in [0.05, 0.1) is 16.7 Å². The summed E-state index contributed by atoms with van der Waals surface area (Å²) >= 11 is 1.87. The zero-order chi connectivity index (χ0) is 29.0. The Morgan fingerprint density at radius 3 is 2.14 bits per heavy atom. The van der Waals surface area contributed by atoms with Crippen molar-refractivity contribution in [1.29, 1.82) is 0 Å². The van der Waals surface area contributed by atoms with E-state index in [2.05, 4.69) is 138 Å². The second-order valence-electron chi connectivity index (χ2n) is 11.1. The zero-order valence-electron chi connectivity index (χ0n) is 23.7. The molecule has 6 aromatic carbocycles. The Morgan fingerprint density at radius 2 is 1.20 bits per heavy atom. The molecule has 0 bridgehead atoms. The van der Waals surface area contributed by atoms with Gasteiger partial charge in [-0.1, -0.05) is 109 Å². The predicted octanol–water partition coefficient (Wildman–Crippen LogP) is 10.9. The van der Waals surface area contributed by atoms with Gasteiger partial charge in [0, 0.05) is 42.7 Å². The number of hydrogen-bond donors (Lipinski definition) is 0. The standard InChI is InChI=1S/C40H25N3S/c1-2-10-26(11-3-1)27-12-8-13-29(24-27)35-22-23-41-40(42-35)43-36-18-6-4-14-31(36)34-25-28(20-21-37(34)43)30-16-9-17-33-32-15-5-7-19-38(32)44-39(30)33/h1-25H. The minimum atomic E-state index is 0.665. The summed E-state index contributed by atoms with van der Waals surface area (Å²) in [6.45, 7) is 0. The quantitative estimate of drug-likeness (QED) is 0.208. The highest BCUT2D eigenvalue weighted by Gasteiger charge is 2.17. The van der Waals surface area contributed by atoms with Crippen LogP contribution >= 0.6 is 11.3 Å². The SMILES string of the molecule is c1ccc(-c2cccc(-c3ccnc(-n4c5ccccc5c5cc(-c6cccc7c6sc6ccccc67)ccc54)n3)c2)cc1. The predicted molar refractivity (Wildman–Crippen MR) is 186 cm³/mol. The van der Waals surface area contributed by atoms with Gasteiger partial charge in [-0.05, 0) is 58.7 Å². The van der Waals surface area contributed by atoms with Crippen LogP contribution in [0.1, 0.15) is 0 Å². The summed E-state index contributed by atoms with van der Waals surface area (Å²) in [4.78, 5) is 9.91. The van der Waals surface area contributed by atoms with Crippen LogP contribution in [0.2, 0.25) is 0 Å². The highest BCUT2D eigenvalue weighted by molar-refractivity contribution is 7.26. The number of aromatic nitrogens is 3. The molecule has 0 aliphatic carbocycles. The molecule has 0 amide bonds. The molecule has 3 heterocycles. The van der Waals surface area contributed by atoms with Gasteiger partial charge >= 0.3 is 0 Å². The molecular formula is C40H25N3S. The Bertz CT molecular complexity index is 2510. The Hall–Kier alpha value is -5.58. The van der Waals surface area contributed by atoms with Gasteiger partial charge in [0.25, 0.3) is 0 Å². The monoisotopic (exact) mass is 579 g/mol. The average Bonchev–Trinajstić information content (AvgIpc) is 3.64. The van der Waals surface area contributed by atoms with E-state index in [9.17, 15) is 0 Å². The molecule has 3 nitrogen and oxygen atoms in total. The minimum Gasteiger partial charge on any atom is -0.278 e. The van der Waals surface area contributed by atoms with E-state index in [1.54, 1.807) is 0 Å². The fourth-order valence-corrected chi connectivity index (χ4v) is 7.67. The maximum atomic E-state index is 5.12. The third-order valence-corrected chi connectivity index (χ3v) is 9.72. The van der Waals surface area contributed by atoms with Crippen molar-refractivity contribution in [2.45, 2.75) is 0 Å². The lowest BCUT2D eigenvalue weighted by atomic mass is 10.0. The highest BCUT2D eigenvalue weighted by atomic mass is 32.1. The van der Waals surface area contributed by atoms with Crippen molar-refractivity contribution in [2.75, 3.05) is 0 Å². The van der Waals surface area contributed by atoms with E-state index in [4.69, 9.17) is 9.97 Å². The van der Waals surface area contributed by atoms with Crippen LogP contribution in [0.4, 0.5) is 0 Å². The smallest absolute Gasteiger partial charge is 0.235 e. The first-order valence-electron chi connectivity index (χ1n) is 14.7.